The molecular weight excluding hydrogens is 202 g/mol. The first-order valence-electron chi connectivity index (χ1n) is 4.53. The summed E-state index contributed by atoms with van der Waals surface area (Å²) >= 11 is 0. The molecule has 0 radical (unpaired) electrons. The van der Waals surface area contributed by atoms with Gasteiger partial charge in [0.15, 0.2) is 0 Å². The van der Waals surface area contributed by atoms with Gasteiger partial charge in [0.05, 0.1) is 30.7 Å². The van der Waals surface area contributed by atoms with Crippen molar-refractivity contribution in [2.24, 2.45) is 0 Å². The van der Waals surface area contributed by atoms with Crippen LogP contribution < -0.4 is 0 Å². The highest BCUT2D eigenvalue weighted by molar-refractivity contribution is 7.88. The standard InChI is InChI=1S/C8H13N3O2S/c1-3-8-6-4-9-10-7(6)5-11(8)14(2,12)13/h4,8H,3,5H2,1-2H3,(H,9,10). The Bertz CT molecular complexity index is 437. The van der Waals surface area contributed by atoms with Crippen LogP contribution in [-0.4, -0.2) is 29.2 Å². The molecule has 6 heteroatoms. The number of aromatic amines is 1. The molecule has 2 rings (SSSR count). The van der Waals surface area contributed by atoms with Gasteiger partial charge in [0, 0.05) is 5.56 Å². The Morgan fingerprint density at radius 1 is 1.71 bits per heavy atom. The molecule has 5 nitrogen and oxygen atoms in total. The average Bonchev–Trinajstić information content (AvgIpc) is 2.58. The first-order valence-corrected chi connectivity index (χ1v) is 6.37. The van der Waals surface area contributed by atoms with E-state index in [0.29, 0.717) is 6.54 Å². The lowest BCUT2D eigenvalue weighted by atomic mass is 10.1. The predicted octanol–water partition coefficient (Wildman–Crippen LogP) is 0.636. The molecule has 1 aliphatic heterocycles. The van der Waals surface area contributed by atoms with Gasteiger partial charge in [-0.25, -0.2) is 8.42 Å². The van der Waals surface area contributed by atoms with Crippen LogP contribution in [0.2, 0.25) is 0 Å². The first-order chi connectivity index (χ1) is 6.54. The average molecular weight is 215 g/mol. The maximum absolute atomic E-state index is 11.5. The first kappa shape index (κ1) is 9.67. The van der Waals surface area contributed by atoms with Crippen LogP contribution in [0, 0.1) is 0 Å². The molecule has 0 saturated carbocycles. The minimum absolute atomic E-state index is 0.0428. The molecule has 78 valence electrons. The van der Waals surface area contributed by atoms with Crippen LogP contribution in [0.4, 0.5) is 0 Å². The van der Waals surface area contributed by atoms with Crippen molar-refractivity contribution in [2.75, 3.05) is 6.26 Å². The van der Waals surface area contributed by atoms with Gasteiger partial charge in [-0.2, -0.15) is 9.40 Å². The van der Waals surface area contributed by atoms with Crippen molar-refractivity contribution in [3.8, 4) is 0 Å². The van der Waals surface area contributed by atoms with E-state index in [9.17, 15) is 8.42 Å². The highest BCUT2D eigenvalue weighted by atomic mass is 32.2. The van der Waals surface area contributed by atoms with Crippen molar-refractivity contribution in [1.82, 2.24) is 14.5 Å². The summed E-state index contributed by atoms with van der Waals surface area (Å²) < 4.78 is 24.4. The molecule has 1 aromatic rings. The molecule has 0 bridgehead atoms. The summed E-state index contributed by atoms with van der Waals surface area (Å²) in [5.41, 5.74) is 1.93. The molecule has 2 heterocycles. The molecule has 0 aromatic carbocycles. The lowest BCUT2D eigenvalue weighted by Gasteiger charge is -2.20. The normalized spacial score (nSPS) is 22.6. The monoisotopic (exact) mass is 215 g/mol. The molecule has 0 amide bonds. The van der Waals surface area contributed by atoms with Gasteiger partial charge < -0.3 is 0 Å². The molecule has 1 atom stereocenters. The van der Waals surface area contributed by atoms with Crippen molar-refractivity contribution in [3.05, 3.63) is 17.5 Å². The molecule has 14 heavy (non-hydrogen) atoms. The SMILES string of the molecule is CCC1c2cn[nH]c2CN1S(C)(=O)=O. The maximum Gasteiger partial charge on any atom is 0.212 e. The number of fused-ring (bicyclic) bond motifs is 1. The van der Waals surface area contributed by atoms with Crippen LogP contribution in [0.5, 0.6) is 0 Å². The van der Waals surface area contributed by atoms with Crippen molar-refractivity contribution >= 4 is 10.0 Å². The van der Waals surface area contributed by atoms with E-state index in [1.165, 1.54) is 10.6 Å². The lowest BCUT2D eigenvalue weighted by Crippen LogP contribution is -2.28. The van der Waals surface area contributed by atoms with Gasteiger partial charge in [-0.15, -0.1) is 0 Å². The number of nitrogens with zero attached hydrogens (tertiary/aromatic N) is 2. The molecule has 1 aromatic heterocycles. The van der Waals surface area contributed by atoms with Crippen LogP contribution in [-0.2, 0) is 16.6 Å². The number of hydrogen-bond acceptors (Lipinski definition) is 3. The highest BCUT2D eigenvalue weighted by Gasteiger charge is 2.35. The van der Waals surface area contributed by atoms with Crippen LogP contribution in [0.15, 0.2) is 6.20 Å². The topological polar surface area (TPSA) is 66.1 Å². The fourth-order valence-corrected chi connectivity index (χ4v) is 3.02. The molecule has 0 spiro atoms. The molecule has 0 fully saturated rings. The van der Waals surface area contributed by atoms with Gasteiger partial charge in [0.25, 0.3) is 0 Å². The van der Waals surface area contributed by atoms with E-state index in [1.807, 2.05) is 6.92 Å². The van der Waals surface area contributed by atoms with Gasteiger partial charge >= 0.3 is 0 Å². The van der Waals surface area contributed by atoms with Crippen molar-refractivity contribution in [2.45, 2.75) is 25.9 Å². The Morgan fingerprint density at radius 2 is 2.43 bits per heavy atom. The summed E-state index contributed by atoms with van der Waals surface area (Å²) in [4.78, 5) is 0. The minimum Gasteiger partial charge on any atom is -0.281 e. The second-order valence-corrected chi connectivity index (χ2v) is 5.47. The molecule has 1 unspecified atom stereocenters. The van der Waals surface area contributed by atoms with E-state index >= 15 is 0 Å². The van der Waals surface area contributed by atoms with Gasteiger partial charge in [-0.05, 0) is 6.42 Å². The number of H-pyrrole nitrogens is 1. The minimum atomic E-state index is -3.12. The Hall–Kier alpha value is -0.880. The van der Waals surface area contributed by atoms with E-state index in [-0.39, 0.29) is 6.04 Å². The van der Waals surface area contributed by atoms with E-state index in [4.69, 9.17) is 0 Å². The Kier molecular flexibility index (Phi) is 2.11. The number of hydrogen-bond donors (Lipinski definition) is 1. The summed E-state index contributed by atoms with van der Waals surface area (Å²) in [5, 5.41) is 6.74. The third-order valence-electron chi connectivity index (χ3n) is 2.58. The fraction of sp³-hybridized carbons (Fsp3) is 0.625. The second-order valence-electron chi connectivity index (χ2n) is 3.54. The Morgan fingerprint density at radius 3 is 3.00 bits per heavy atom. The zero-order chi connectivity index (χ0) is 10.3. The highest BCUT2D eigenvalue weighted by Crippen LogP contribution is 2.35. The lowest BCUT2D eigenvalue weighted by molar-refractivity contribution is 0.342. The summed E-state index contributed by atoms with van der Waals surface area (Å²) in [6.07, 6.45) is 3.74. The predicted molar refractivity (Wildman–Crippen MR) is 52.0 cm³/mol. The molecule has 0 aliphatic carbocycles. The quantitative estimate of drug-likeness (QED) is 0.787. The molecular formula is C8H13N3O2S. The molecule has 1 N–H and O–H groups in total. The van der Waals surface area contributed by atoms with Crippen molar-refractivity contribution < 1.29 is 8.42 Å². The summed E-state index contributed by atoms with van der Waals surface area (Å²) in [6.45, 7) is 2.40. The number of nitrogens with one attached hydrogen (secondary N) is 1. The van der Waals surface area contributed by atoms with Crippen molar-refractivity contribution in [3.63, 3.8) is 0 Å². The smallest absolute Gasteiger partial charge is 0.212 e. The Balaban J connectivity index is 2.41. The van der Waals surface area contributed by atoms with Crippen LogP contribution in [0.1, 0.15) is 30.6 Å². The maximum atomic E-state index is 11.5. The van der Waals surface area contributed by atoms with Crippen LogP contribution in [0.3, 0.4) is 0 Å². The van der Waals surface area contributed by atoms with Gasteiger partial charge in [-0.1, -0.05) is 6.92 Å². The second kappa shape index (κ2) is 3.06. The van der Waals surface area contributed by atoms with E-state index < -0.39 is 10.0 Å². The van der Waals surface area contributed by atoms with Gasteiger partial charge in [-0.3, -0.25) is 5.10 Å². The number of sulfonamides is 1. The van der Waals surface area contributed by atoms with Crippen LogP contribution >= 0.6 is 0 Å². The number of aromatic nitrogens is 2. The van der Waals surface area contributed by atoms with E-state index in [0.717, 1.165) is 17.7 Å². The largest absolute Gasteiger partial charge is 0.281 e. The summed E-state index contributed by atoms with van der Waals surface area (Å²) in [5.74, 6) is 0. The summed E-state index contributed by atoms with van der Waals surface area (Å²) in [7, 11) is -3.12. The van der Waals surface area contributed by atoms with E-state index in [1.54, 1.807) is 6.20 Å². The zero-order valence-corrected chi connectivity index (χ0v) is 9.00. The number of rotatable bonds is 2. The van der Waals surface area contributed by atoms with Crippen molar-refractivity contribution in [1.29, 1.82) is 0 Å². The van der Waals surface area contributed by atoms with E-state index in [2.05, 4.69) is 10.2 Å². The fourth-order valence-electron chi connectivity index (χ4n) is 1.93. The molecule has 0 saturated heterocycles. The molecule has 1 aliphatic rings. The third kappa shape index (κ3) is 1.34. The third-order valence-corrected chi connectivity index (χ3v) is 3.82. The van der Waals surface area contributed by atoms with Gasteiger partial charge in [0.2, 0.25) is 10.0 Å². The van der Waals surface area contributed by atoms with Crippen LogP contribution in [0.25, 0.3) is 0 Å². The van der Waals surface area contributed by atoms with Gasteiger partial charge in [0.1, 0.15) is 0 Å². The summed E-state index contributed by atoms with van der Waals surface area (Å²) in [6, 6.07) is -0.0428. The zero-order valence-electron chi connectivity index (χ0n) is 8.19. The Labute approximate surface area is 83.2 Å².